The second-order valence-corrected chi connectivity index (χ2v) is 7.93. The number of rotatable bonds is 2. The van der Waals surface area contributed by atoms with Gasteiger partial charge >= 0.3 is 0 Å². The molecule has 0 fully saturated rings. The zero-order valence-corrected chi connectivity index (χ0v) is 16.3. The summed E-state index contributed by atoms with van der Waals surface area (Å²) in [5, 5.41) is 3.95. The molecule has 7 rings (SSSR count). The molecule has 0 N–H and O–H groups in total. The lowest BCUT2D eigenvalue weighted by Gasteiger charge is -2.04. The van der Waals surface area contributed by atoms with Crippen molar-refractivity contribution in [3.63, 3.8) is 0 Å². The van der Waals surface area contributed by atoms with E-state index in [4.69, 9.17) is 0 Å². The molecule has 0 aliphatic heterocycles. The van der Waals surface area contributed by atoms with Crippen LogP contribution >= 0.6 is 0 Å². The van der Waals surface area contributed by atoms with Crippen molar-refractivity contribution < 1.29 is 0 Å². The van der Waals surface area contributed by atoms with E-state index in [-0.39, 0.29) is 0 Å². The van der Waals surface area contributed by atoms with Crippen LogP contribution in [0, 0.1) is 0 Å². The fourth-order valence-corrected chi connectivity index (χ4v) is 4.92. The van der Waals surface area contributed by atoms with Gasteiger partial charge in [0.25, 0.3) is 0 Å². The molecule has 0 spiro atoms. The number of benzene rings is 4. The quantitative estimate of drug-likeness (QED) is 0.297. The highest BCUT2D eigenvalue weighted by Gasteiger charge is 2.19. The van der Waals surface area contributed by atoms with E-state index in [1.54, 1.807) is 0 Å². The van der Waals surface area contributed by atoms with Gasteiger partial charge in [-0.1, -0.05) is 72.8 Å². The summed E-state index contributed by atoms with van der Waals surface area (Å²) in [4.78, 5) is 0. The molecule has 7 aromatic rings. The normalized spacial score (nSPS) is 12.0. The van der Waals surface area contributed by atoms with Crippen LogP contribution in [0.15, 0.2) is 109 Å². The van der Waals surface area contributed by atoms with Gasteiger partial charge in [0, 0.05) is 28.6 Å². The maximum Gasteiger partial charge on any atom is 0.130 e. The van der Waals surface area contributed by atoms with Gasteiger partial charge in [0.15, 0.2) is 0 Å². The van der Waals surface area contributed by atoms with E-state index in [0.29, 0.717) is 0 Å². The van der Waals surface area contributed by atoms with Gasteiger partial charge in [-0.2, -0.15) is 0 Å². The fraction of sp³-hybridized carbons (Fsp3) is 0. The summed E-state index contributed by atoms with van der Waals surface area (Å²) in [7, 11) is 0. The van der Waals surface area contributed by atoms with Crippen LogP contribution in [0.5, 0.6) is 0 Å². The first-order chi connectivity index (χ1) is 14.9. The lowest BCUT2D eigenvalue weighted by molar-refractivity contribution is 1.25. The van der Waals surface area contributed by atoms with Crippen LogP contribution in [0.25, 0.3) is 55.1 Å². The summed E-state index contributed by atoms with van der Waals surface area (Å²) in [5.74, 6) is 0. The van der Waals surface area contributed by atoms with Crippen LogP contribution in [-0.4, -0.2) is 8.80 Å². The Kier molecular flexibility index (Phi) is 3.03. The van der Waals surface area contributed by atoms with Crippen molar-refractivity contribution in [1.29, 1.82) is 0 Å². The van der Waals surface area contributed by atoms with Crippen molar-refractivity contribution in [3.8, 4) is 22.3 Å². The first-order valence-electron chi connectivity index (χ1n) is 10.3. The highest BCUT2D eigenvalue weighted by molar-refractivity contribution is 6.22. The smallest absolute Gasteiger partial charge is 0.130 e. The molecule has 2 heteroatoms. The Morgan fingerprint density at radius 2 is 0.900 bits per heavy atom. The van der Waals surface area contributed by atoms with Gasteiger partial charge in [0.2, 0.25) is 0 Å². The second kappa shape index (κ2) is 5.74. The van der Waals surface area contributed by atoms with Crippen molar-refractivity contribution in [2.24, 2.45) is 0 Å². The van der Waals surface area contributed by atoms with Gasteiger partial charge in [-0.05, 0) is 46.5 Å². The third-order valence-electron chi connectivity index (χ3n) is 6.31. The van der Waals surface area contributed by atoms with Gasteiger partial charge in [-0.25, -0.2) is 0 Å². The minimum atomic E-state index is 1.25. The molecule has 0 saturated carbocycles. The molecular weight excluding hydrogens is 364 g/mol. The highest BCUT2D eigenvalue weighted by Crippen LogP contribution is 2.40. The maximum absolute atomic E-state index is 2.35. The Morgan fingerprint density at radius 3 is 1.37 bits per heavy atom. The van der Waals surface area contributed by atoms with Crippen LogP contribution in [-0.2, 0) is 0 Å². The Bertz CT molecular complexity index is 1550. The van der Waals surface area contributed by atoms with Crippen molar-refractivity contribution >= 4 is 32.8 Å². The average molecular weight is 382 g/mol. The van der Waals surface area contributed by atoms with Gasteiger partial charge in [-0.3, -0.25) is 0 Å². The minimum absolute atomic E-state index is 1.25. The molecule has 2 nitrogen and oxygen atoms in total. The molecule has 0 unspecified atom stereocenters. The number of hydrogen-bond acceptors (Lipinski definition) is 0. The standard InChI is InChI=1S/C28H18N2/c1-3-7-19(8-4-1)21-11-13-25-23(17-21)27-24-18-22(20-9-5-2-6-10-20)12-14-26(24)30-16-15-29(25)28(27)30/h1-18H. The van der Waals surface area contributed by atoms with Crippen molar-refractivity contribution in [3.05, 3.63) is 109 Å². The van der Waals surface area contributed by atoms with Crippen LogP contribution < -0.4 is 0 Å². The Balaban J connectivity index is 1.59. The third-order valence-corrected chi connectivity index (χ3v) is 6.31. The van der Waals surface area contributed by atoms with Gasteiger partial charge in [0.1, 0.15) is 5.65 Å². The largest absolute Gasteiger partial charge is 0.300 e. The van der Waals surface area contributed by atoms with Crippen molar-refractivity contribution in [1.82, 2.24) is 8.80 Å². The van der Waals surface area contributed by atoms with Crippen LogP contribution in [0.4, 0.5) is 0 Å². The summed E-state index contributed by atoms with van der Waals surface area (Å²) in [5.41, 5.74) is 8.79. The zero-order valence-electron chi connectivity index (χ0n) is 16.3. The van der Waals surface area contributed by atoms with Crippen LogP contribution in [0.3, 0.4) is 0 Å². The molecular formula is C28H18N2. The molecule has 140 valence electrons. The first kappa shape index (κ1) is 15.8. The Morgan fingerprint density at radius 1 is 0.433 bits per heavy atom. The van der Waals surface area contributed by atoms with E-state index in [1.165, 1.54) is 55.1 Å². The lowest BCUT2D eigenvalue weighted by Crippen LogP contribution is -1.82. The summed E-state index contributed by atoms with van der Waals surface area (Å²) < 4.78 is 4.64. The topological polar surface area (TPSA) is 8.82 Å². The third kappa shape index (κ3) is 2.03. The maximum atomic E-state index is 2.35. The number of imidazole rings is 1. The molecule has 30 heavy (non-hydrogen) atoms. The molecule has 0 amide bonds. The van der Waals surface area contributed by atoms with Crippen LogP contribution in [0.2, 0.25) is 0 Å². The Labute approximate surface area is 173 Å². The fourth-order valence-electron chi connectivity index (χ4n) is 4.92. The molecule has 0 radical (unpaired) electrons. The number of hydrogen-bond donors (Lipinski definition) is 0. The van der Waals surface area contributed by atoms with Crippen molar-refractivity contribution in [2.75, 3.05) is 0 Å². The van der Waals surface area contributed by atoms with Crippen LogP contribution in [0.1, 0.15) is 0 Å². The van der Waals surface area contributed by atoms with E-state index in [0.717, 1.165) is 0 Å². The first-order valence-corrected chi connectivity index (χ1v) is 10.3. The molecule has 0 atom stereocenters. The van der Waals surface area contributed by atoms with E-state index in [2.05, 4.69) is 118 Å². The summed E-state index contributed by atoms with van der Waals surface area (Å²) in [6.45, 7) is 0. The number of fused-ring (bicyclic) bond motifs is 6. The molecule has 4 aromatic carbocycles. The van der Waals surface area contributed by atoms with E-state index < -0.39 is 0 Å². The molecule has 0 bridgehead atoms. The monoisotopic (exact) mass is 382 g/mol. The molecule has 0 saturated heterocycles. The van der Waals surface area contributed by atoms with Gasteiger partial charge in [0.05, 0.1) is 11.0 Å². The van der Waals surface area contributed by atoms with Gasteiger partial charge in [-0.15, -0.1) is 0 Å². The summed E-state index contributed by atoms with van der Waals surface area (Å²) >= 11 is 0. The summed E-state index contributed by atoms with van der Waals surface area (Å²) in [6, 6.07) is 34.9. The van der Waals surface area contributed by atoms with Gasteiger partial charge < -0.3 is 8.80 Å². The highest BCUT2D eigenvalue weighted by atomic mass is 15.1. The van der Waals surface area contributed by atoms with E-state index >= 15 is 0 Å². The summed E-state index contributed by atoms with van der Waals surface area (Å²) in [6.07, 6.45) is 4.36. The predicted octanol–water partition coefficient (Wildman–Crippen LogP) is 7.27. The number of aromatic nitrogens is 2. The van der Waals surface area contributed by atoms with E-state index in [1.807, 2.05) is 0 Å². The van der Waals surface area contributed by atoms with Crippen molar-refractivity contribution in [2.45, 2.75) is 0 Å². The minimum Gasteiger partial charge on any atom is -0.300 e. The predicted molar refractivity (Wildman–Crippen MR) is 125 cm³/mol. The second-order valence-electron chi connectivity index (χ2n) is 7.93. The Hall–Kier alpha value is -4.04. The lowest BCUT2D eigenvalue weighted by atomic mass is 10.0. The number of nitrogens with zero attached hydrogens (tertiary/aromatic N) is 2. The SMILES string of the molecule is c1ccc(-c2ccc3c(c2)c2c4cc(-c5ccccc5)ccc4n4ccn3c24)cc1. The molecule has 3 aromatic heterocycles. The van der Waals surface area contributed by atoms with E-state index in [9.17, 15) is 0 Å². The average Bonchev–Trinajstić information content (AvgIpc) is 3.47. The molecule has 0 aliphatic carbocycles. The zero-order chi connectivity index (χ0) is 19.7. The molecule has 3 heterocycles. The molecule has 0 aliphatic rings.